The number of hydrogen-bond acceptors (Lipinski definition) is 9. The molecule has 0 spiro atoms. The predicted molar refractivity (Wildman–Crippen MR) is 183 cm³/mol. The van der Waals surface area contributed by atoms with Crippen LogP contribution in [0.1, 0.15) is 51.5 Å². The highest BCUT2D eigenvalue weighted by atomic mass is 32.1. The van der Waals surface area contributed by atoms with Crippen LogP contribution in [0, 0.1) is 13.8 Å². The van der Waals surface area contributed by atoms with E-state index in [1.807, 2.05) is 76.2 Å². The van der Waals surface area contributed by atoms with Gasteiger partial charge in [0.1, 0.15) is 11.4 Å². The first-order valence-electron chi connectivity index (χ1n) is 15.2. The molecule has 256 valence electrons. The number of hydroxylamine groups is 1. The molecular formula is C34H37N7O7S. The predicted octanol–water partition coefficient (Wildman–Crippen LogP) is 3.97. The topological polar surface area (TPSA) is 184 Å². The highest BCUT2D eigenvalue weighted by molar-refractivity contribution is 7.44. The third kappa shape index (κ3) is 8.82. The van der Waals surface area contributed by atoms with Crippen LogP contribution >= 0.6 is 0 Å². The van der Waals surface area contributed by atoms with Gasteiger partial charge in [-0.05, 0) is 69.2 Å². The normalized spacial score (nSPS) is 12.9. The largest absolute Gasteiger partial charge is 0.480 e. The number of anilines is 2. The summed E-state index contributed by atoms with van der Waals surface area (Å²) in [5.41, 5.74) is 6.10. The van der Waals surface area contributed by atoms with Crippen LogP contribution in [0.3, 0.4) is 0 Å². The monoisotopic (exact) mass is 687 g/mol. The van der Waals surface area contributed by atoms with Gasteiger partial charge in [0.25, 0.3) is 11.8 Å². The lowest BCUT2D eigenvalue weighted by molar-refractivity contribution is -0.141. The Hall–Kier alpha value is -5.67. The van der Waals surface area contributed by atoms with E-state index in [4.69, 9.17) is 9.05 Å². The van der Waals surface area contributed by atoms with Gasteiger partial charge in [-0.25, -0.2) is 4.79 Å². The number of aryl methyl sites for hydroxylation is 2. The molecule has 0 radical (unpaired) electrons. The van der Waals surface area contributed by atoms with Crippen molar-refractivity contribution >= 4 is 47.7 Å². The van der Waals surface area contributed by atoms with Gasteiger partial charge in [-0.3, -0.25) is 19.1 Å². The van der Waals surface area contributed by atoms with Crippen molar-refractivity contribution in [1.82, 2.24) is 25.5 Å². The van der Waals surface area contributed by atoms with Crippen molar-refractivity contribution in [2.24, 2.45) is 0 Å². The molecule has 0 saturated carbocycles. The third-order valence-electron chi connectivity index (χ3n) is 8.03. The molecule has 1 aromatic heterocycles. The number of carboxylic acids is 1. The zero-order valence-electron chi connectivity index (χ0n) is 27.4. The number of rotatable bonds is 11. The molecule has 14 nitrogen and oxygen atoms in total. The zero-order valence-corrected chi connectivity index (χ0v) is 28.2. The Morgan fingerprint density at radius 2 is 1.63 bits per heavy atom. The Morgan fingerprint density at radius 3 is 2.29 bits per heavy atom. The maximum absolute atomic E-state index is 13.6. The quantitative estimate of drug-likeness (QED) is 0.145. The lowest BCUT2D eigenvalue weighted by Gasteiger charge is -2.41. The molecule has 1 aliphatic heterocycles. The van der Waals surface area contributed by atoms with Crippen molar-refractivity contribution in [2.75, 3.05) is 23.7 Å². The number of aliphatic carboxylic acids is 1. The molecule has 0 saturated heterocycles. The Kier molecular flexibility index (Phi) is 11.8. The molecule has 1 atom stereocenters. The Labute approximate surface area is 288 Å². The van der Waals surface area contributed by atoms with E-state index < -0.39 is 23.5 Å². The van der Waals surface area contributed by atoms with Gasteiger partial charge in [0.2, 0.25) is 0 Å². The van der Waals surface area contributed by atoms with Crippen LogP contribution < -0.4 is 26.3 Å². The highest BCUT2D eigenvalue weighted by Gasteiger charge is 2.38. The summed E-state index contributed by atoms with van der Waals surface area (Å²) in [6.45, 7) is 8.11. The van der Waals surface area contributed by atoms with E-state index in [1.165, 1.54) is 10.7 Å². The number of hydrogen-bond donors (Lipinski definition) is 5. The molecule has 2 heterocycles. The summed E-state index contributed by atoms with van der Waals surface area (Å²) in [7, 11) is 0. The summed E-state index contributed by atoms with van der Waals surface area (Å²) < 4.78 is 9.32. The van der Waals surface area contributed by atoms with E-state index in [0.717, 1.165) is 22.4 Å². The second-order valence-corrected chi connectivity index (χ2v) is 11.8. The summed E-state index contributed by atoms with van der Waals surface area (Å²) in [4.78, 5) is 57.9. The maximum Gasteiger partial charge on any atom is 0.325 e. The number of nitrogens with zero attached hydrogens (tertiary/aromatic N) is 3. The third-order valence-corrected chi connectivity index (χ3v) is 8.03. The van der Waals surface area contributed by atoms with Crippen LogP contribution in [-0.4, -0.2) is 66.9 Å². The van der Waals surface area contributed by atoms with Gasteiger partial charge in [0.05, 0.1) is 12.1 Å². The number of aromatic nitrogens is 2. The maximum atomic E-state index is 13.6. The number of nitrogens with one attached hydrogen (secondary N) is 4. The fraction of sp³-hybridized carbons (Fsp3) is 0.265. The fourth-order valence-electron chi connectivity index (χ4n) is 5.16. The number of carbonyl (C=O) groups is 4. The average Bonchev–Trinajstić information content (AvgIpc) is 3.53. The van der Waals surface area contributed by atoms with Gasteiger partial charge in [0, 0.05) is 30.5 Å². The molecule has 4 aromatic rings. The molecule has 0 unspecified atom stereocenters. The molecule has 5 rings (SSSR count). The van der Waals surface area contributed by atoms with E-state index in [9.17, 15) is 24.3 Å². The minimum atomic E-state index is -1.24. The summed E-state index contributed by atoms with van der Waals surface area (Å²) in [6.07, 6.45) is 0. The Bertz CT molecular complexity index is 1810. The van der Waals surface area contributed by atoms with Gasteiger partial charge in [0.15, 0.2) is 24.3 Å². The van der Waals surface area contributed by atoms with Gasteiger partial charge in [-0.1, -0.05) is 48.0 Å². The van der Waals surface area contributed by atoms with Gasteiger partial charge in [-0.2, -0.15) is 9.31 Å². The zero-order chi connectivity index (χ0) is 35.7. The molecule has 15 heteroatoms. The molecular weight excluding hydrogens is 650 g/mol. The first kappa shape index (κ1) is 36.2. The molecule has 49 heavy (non-hydrogen) atoms. The number of benzene rings is 3. The number of carboxylic acid groups (broad SMARTS) is 1. The van der Waals surface area contributed by atoms with Crippen molar-refractivity contribution in [1.29, 1.82) is 0 Å². The van der Waals surface area contributed by atoms with E-state index in [0.29, 0.717) is 24.5 Å². The van der Waals surface area contributed by atoms with Crippen LogP contribution in [-0.2, 0) is 29.4 Å². The molecule has 3 aromatic carbocycles. The first-order chi connectivity index (χ1) is 23.4. The van der Waals surface area contributed by atoms with Crippen molar-refractivity contribution in [3.63, 3.8) is 0 Å². The molecule has 5 N–H and O–H groups in total. The lowest BCUT2D eigenvalue weighted by Crippen LogP contribution is -2.50. The number of para-hydroxylation sites is 1. The van der Waals surface area contributed by atoms with E-state index in [-0.39, 0.29) is 29.9 Å². The molecule has 4 amide bonds. The second-order valence-electron chi connectivity index (χ2n) is 11.8. The van der Waals surface area contributed by atoms with E-state index in [2.05, 4.69) is 39.1 Å². The fourth-order valence-corrected chi connectivity index (χ4v) is 5.16. The summed E-state index contributed by atoms with van der Waals surface area (Å²) in [6, 6.07) is 21.6. The second kappa shape index (κ2) is 16.0. The minimum absolute atomic E-state index is 0.00371. The van der Waals surface area contributed by atoms with Crippen LogP contribution in [0.15, 0.2) is 78.9 Å². The van der Waals surface area contributed by atoms with Crippen LogP contribution in [0.25, 0.3) is 0 Å². The average molecular weight is 688 g/mol. The first-order valence-corrected chi connectivity index (χ1v) is 15.6. The number of urea groups is 1. The lowest BCUT2D eigenvalue weighted by atomic mass is 9.91. The molecule has 0 fully saturated rings. The van der Waals surface area contributed by atoms with Crippen molar-refractivity contribution in [3.05, 3.63) is 107 Å². The van der Waals surface area contributed by atoms with E-state index >= 15 is 0 Å². The van der Waals surface area contributed by atoms with Crippen LogP contribution in [0.4, 0.5) is 16.2 Å². The summed E-state index contributed by atoms with van der Waals surface area (Å²) in [5, 5.41) is 22.1. The smallest absolute Gasteiger partial charge is 0.325 e. The van der Waals surface area contributed by atoms with Crippen molar-refractivity contribution < 1.29 is 33.3 Å². The van der Waals surface area contributed by atoms with Crippen molar-refractivity contribution in [3.8, 4) is 5.75 Å². The van der Waals surface area contributed by atoms with E-state index in [1.54, 1.807) is 29.2 Å². The Morgan fingerprint density at radius 1 is 0.959 bits per heavy atom. The Balaban J connectivity index is 0.00000265. The van der Waals surface area contributed by atoms with Gasteiger partial charge < -0.3 is 30.8 Å². The highest BCUT2D eigenvalue weighted by Crippen LogP contribution is 2.32. The van der Waals surface area contributed by atoms with Crippen LogP contribution in [0.2, 0.25) is 0 Å². The summed E-state index contributed by atoms with van der Waals surface area (Å²) in [5.74, 6) is -1.72. The molecule has 0 bridgehead atoms. The van der Waals surface area contributed by atoms with Crippen LogP contribution in [0.5, 0.6) is 5.75 Å². The number of carbonyl (C=O) groups excluding carboxylic acids is 3. The minimum Gasteiger partial charge on any atom is -0.480 e. The summed E-state index contributed by atoms with van der Waals surface area (Å²) >= 11 is 2.83. The van der Waals surface area contributed by atoms with Gasteiger partial charge >= 0.3 is 12.0 Å². The standard InChI is InChI=1S/C34H37N7O6.OS/c1-21-9-15-25(16-10-21)47-39-28(32(44)45)20-35-30(42)27-19-29-31(43)40(17-18-41(29)38-27)34(3,4)23-11-13-24(14-12-23)36-33(46)37-26-8-6-5-7-22(26)2;1-2/h5-16,19,28,39H,17-18,20H2,1-4H3,(H,35,42)(H,44,45)(H2,36,37,46);/t28-;/m1./s1. The number of fused-ring (bicyclic) bond motifs is 1. The number of amides is 4. The van der Waals surface area contributed by atoms with Crippen molar-refractivity contribution in [2.45, 2.75) is 45.8 Å². The molecule has 1 aliphatic rings. The SMILES string of the molecule is Cc1ccc(ON[C@H](CNC(=O)c2cc3n(n2)CCN(C(C)(C)c2ccc(NC(=O)Nc4ccccc4C)cc2)C3=O)C(=O)O)cc1.O=S. The van der Waals surface area contributed by atoms with Gasteiger partial charge in [-0.15, -0.1) is 5.48 Å². The molecule has 0 aliphatic carbocycles.